The second kappa shape index (κ2) is 8.91. The van der Waals surface area contributed by atoms with Crippen LogP contribution in [0.5, 0.6) is 0 Å². The Morgan fingerprint density at radius 2 is 1.88 bits per heavy atom. The highest BCUT2D eigenvalue weighted by Gasteiger charge is 2.26. The van der Waals surface area contributed by atoms with E-state index in [1.807, 2.05) is 6.33 Å². The molecule has 0 unspecified atom stereocenters. The average Bonchev–Trinajstić information content (AvgIpc) is 3.61. The number of H-pyrrole nitrogens is 1. The minimum absolute atomic E-state index is 0.318. The maximum atomic E-state index is 6.14. The largest absolute Gasteiger partial charge is 0.359 e. The average molecular weight is 459 g/mol. The Kier molecular flexibility index (Phi) is 5.61. The fourth-order valence-corrected chi connectivity index (χ4v) is 5.76. The van der Waals surface area contributed by atoms with Gasteiger partial charge in [0.2, 0.25) is 5.95 Å². The third-order valence-electron chi connectivity index (χ3n) is 7.66. The molecule has 178 valence electrons. The lowest BCUT2D eigenvalue weighted by Crippen LogP contribution is -2.33. The normalized spacial score (nSPS) is 21.5. The number of aromatic nitrogens is 5. The quantitative estimate of drug-likeness (QED) is 0.364. The first-order valence-electron chi connectivity index (χ1n) is 12.8. The van der Waals surface area contributed by atoms with E-state index in [4.69, 9.17) is 20.7 Å². The third kappa shape index (κ3) is 3.79. The number of nitrogens with zero attached hydrogens (tertiary/aromatic N) is 5. The summed E-state index contributed by atoms with van der Waals surface area (Å²) >= 11 is 0. The third-order valence-corrected chi connectivity index (χ3v) is 7.66. The highest BCUT2D eigenvalue weighted by atomic mass is 15.3. The minimum atomic E-state index is 0.318. The smallest absolute Gasteiger partial charge is 0.227 e. The van der Waals surface area contributed by atoms with Crippen LogP contribution in [0.3, 0.4) is 0 Å². The summed E-state index contributed by atoms with van der Waals surface area (Å²) in [6, 6.07) is 9.55. The van der Waals surface area contributed by atoms with Crippen LogP contribution in [0.15, 0.2) is 36.8 Å². The fourth-order valence-electron chi connectivity index (χ4n) is 5.76. The molecule has 2 aliphatic rings. The Hall–Kier alpha value is -3.13. The first kappa shape index (κ1) is 21.4. The van der Waals surface area contributed by atoms with Crippen LogP contribution < -0.4 is 16.0 Å². The van der Waals surface area contributed by atoms with Crippen molar-refractivity contribution in [1.82, 2.24) is 24.5 Å². The van der Waals surface area contributed by atoms with Gasteiger partial charge in [0.25, 0.3) is 0 Å². The van der Waals surface area contributed by atoms with E-state index in [2.05, 4.69) is 57.2 Å². The number of imidazole rings is 1. The van der Waals surface area contributed by atoms with Crippen molar-refractivity contribution in [3.63, 3.8) is 0 Å². The molecule has 2 fully saturated rings. The number of nitrogens with two attached hydrogens (primary N) is 1. The van der Waals surface area contributed by atoms with Crippen molar-refractivity contribution >= 4 is 39.5 Å². The van der Waals surface area contributed by atoms with Gasteiger partial charge in [-0.1, -0.05) is 31.0 Å². The molecule has 6 rings (SSSR count). The summed E-state index contributed by atoms with van der Waals surface area (Å²) in [4.78, 5) is 20.6. The summed E-state index contributed by atoms with van der Waals surface area (Å²) in [7, 11) is 0. The van der Waals surface area contributed by atoms with Crippen molar-refractivity contribution in [2.24, 2.45) is 5.73 Å². The molecule has 2 saturated carbocycles. The lowest BCUT2D eigenvalue weighted by atomic mass is 9.92. The van der Waals surface area contributed by atoms with E-state index in [9.17, 15) is 0 Å². The summed E-state index contributed by atoms with van der Waals surface area (Å²) < 4.78 is 2.29. The second-order valence-corrected chi connectivity index (χ2v) is 9.85. The number of aromatic amines is 1. The van der Waals surface area contributed by atoms with Crippen molar-refractivity contribution in [3.05, 3.63) is 36.8 Å². The van der Waals surface area contributed by atoms with Gasteiger partial charge >= 0.3 is 0 Å². The SMILES string of the molecule is CCN(c1c[nH]c2ccccc12)c1nc(N[C@H]2CC[C@H](N)CC2)nc2c1ncn2C1CCCC1. The van der Waals surface area contributed by atoms with Gasteiger partial charge in [-0.25, -0.2) is 4.98 Å². The van der Waals surface area contributed by atoms with Gasteiger partial charge in [0, 0.05) is 41.8 Å². The molecule has 4 aromatic rings. The second-order valence-electron chi connectivity index (χ2n) is 9.85. The van der Waals surface area contributed by atoms with Crippen LogP contribution in [0.2, 0.25) is 0 Å². The number of hydrogen-bond acceptors (Lipinski definition) is 6. The van der Waals surface area contributed by atoms with Gasteiger partial charge in [-0.3, -0.25) is 0 Å². The van der Waals surface area contributed by atoms with E-state index in [1.54, 1.807) is 0 Å². The Morgan fingerprint density at radius 3 is 2.68 bits per heavy atom. The zero-order valence-corrected chi connectivity index (χ0v) is 19.9. The van der Waals surface area contributed by atoms with Gasteiger partial charge in [-0.15, -0.1) is 0 Å². The van der Waals surface area contributed by atoms with Crippen LogP contribution in [0.25, 0.3) is 22.1 Å². The molecule has 3 aromatic heterocycles. The van der Waals surface area contributed by atoms with E-state index in [-0.39, 0.29) is 0 Å². The van der Waals surface area contributed by atoms with E-state index in [1.165, 1.54) is 31.1 Å². The predicted octanol–water partition coefficient (Wildman–Crippen LogP) is 5.26. The Balaban J connectivity index is 1.46. The zero-order valence-electron chi connectivity index (χ0n) is 19.9. The molecule has 2 aliphatic carbocycles. The Bertz CT molecular complexity index is 1280. The van der Waals surface area contributed by atoms with Crippen LogP contribution in [0.1, 0.15) is 64.3 Å². The number of anilines is 3. The van der Waals surface area contributed by atoms with Gasteiger partial charge in [-0.05, 0) is 51.5 Å². The summed E-state index contributed by atoms with van der Waals surface area (Å²) in [5.74, 6) is 1.56. The van der Waals surface area contributed by atoms with E-state index in [0.717, 1.165) is 60.4 Å². The molecule has 0 saturated heterocycles. The number of fused-ring (bicyclic) bond motifs is 2. The lowest BCUT2D eigenvalue weighted by molar-refractivity contribution is 0.410. The molecule has 8 nitrogen and oxygen atoms in total. The Labute approximate surface area is 200 Å². The summed E-state index contributed by atoms with van der Waals surface area (Å²) in [6.07, 6.45) is 13.2. The lowest BCUT2D eigenvalue weighted by Gasteiger charge is -2.28. The highest BCUT2D eigenvalue weighted by Crippen LogP contribution is 2.37. The first-order chi connectivity index (χ1) is 16.7. The van der Waals surface area contributed by atoms with Gasteiger partial charge in [0.1, 0.15) is 0 Å². The molecular weight excluding hydrogens is 424 g/mol. The number of nitrogens with one attached hydrogen (secondary N) is 2. The minimum Gasteiger partial charge on any atom is -0.359 e. The predicted molar refractivity (Wildman–Crippen MR) is 138 cm³/mol. The molecular formula is C26H34N8. The first-order valence-corrected chi connectivity index (χ1v) is 12.8. The summed E-state index contributed by atoms with van der Waals surface area (Å²) in [6.45, 7) is 2.95. The highest BCUT2D eigenvalue weighted by molar-refractivity contribution is 5.97. The van der Waals surface area contributed by atoms with Crippen molar-refractivity contribution in [3.8, 4) is 0 Å². The fraction of sp³-hybridized carbons (Fsp3) is 0.500. The number of para-hydroxylation sites is 1. The van der Waals surface area contributed by atoms with Crippen molar-refractivity contribution < 1.29 is 0 Å². The molecule has 0 bridgehead atoms. The van der Waals surface area contributed by atoms with E-state index in [0.29, 0.717) is 24.1 Å². The monoisotopic (exact) mass is 458 g/mol. The van der Waals surface area contributed by atoms with Crippen LogP contribution in [0, 0.1) is 0 Å². The molecule has 34 heavy (non-hydrogen) atoms. The molecule has 3 heterocycles. The Morgan fingerprint density at radius 1 is 1.09 bits per heavy atom. The number of rotatable bonds is 6. The van der Waals surface area contributed by atoms with Crippen molar-refractivity contribution in [1.29, 1.82) is 0 Å². The molecule has 0 amide bonds. The van der Waals surface area contributed by atoms with Crippen molar-refractivity contribution in [2.45, 2.75) is 76.4 Å². The molecule has 0 atom stereocenters. The van der Waals surface area contributed by atoms with Crippen LogP contribution in [-0.4, -0.2) is 43.1 Å². The maximum Gasteiger partial charge on any atom is 0.227 e. The van der Waals surface area contributed by atoms with Crippen LogP contribution in [0.4, 0.5) is 17.5 Å². The number of hydrogen-bond donors (Lipinski definition) is 3. The van der Waals surface area contributed by atoms with Crippen LogP contribution in [-0.2, 0) is 0 Å². The maximum absolute atomic E-state index is 6.14. The molecule has 4 N–H and O–H groups in total. The van der Waals surface area contributed by atoms with Crippen molar-refractivity contribution in [2.75, 3.05) is 16.8 Å². The summed E-state index contributed by atoms with van der Waals surface area (Å²) in [5.41, 5.74) is 10.2. The zero-order chi connectivity index (χ0) is 23.1. The molecule has 8 heteroatoms. The van der Waals surface area contributed by atoms with Crippen LogP contribution >= 0.6 is 0 Å². The van der Waals surface area contributed by atoms with Gasteiger partial charge in [0.05, 0.1) is 12.0 Å². The molecule has 0 radical (unpaired) electrons. The van der Waals surface area contributed by atoms with E-state index >= 15 is 0 Å². The molecule has 0 spiro atoms. The summed E-state index contributed by atoms with van der Waals surface area (Å²) in [5, 5.41) is 4.83. The van der Waals surface area contributed by atoms with Gasteiger partial charge < -0.3 is 25.5 Å². The van der Waals surface area contributed by atoms with Gasteiger partial charge in [0.15, 0.2) is 17.0 Å². The van der Waals surface area contributed by atoms with E-state index < -0.39 is 0 Å². The standard InChI is InChI=1S/C26H34N8/c1-2-33(22-15-28-21-10-6-5-9-20(21)22)24-23-25(34(16-29-23)19-7-3-4-8-19)32-26(31-24)30-18-13-11-17(27)12-14-18/h5-6,9-10,15-19,28H,2-4,7-8,11-14,27H2,1H3,(H,30,31,32)/t17-,18-. The molecule has 0 aliphatic heterocycles. The topological polar surface area (TPSA) is 101 Å². The number of benzene rings is 1. The van der Waals surface area contributed by atoms with Gasteiger partial charge in [-0.2, -0.15) is 9.97 Å². The molecule has 1 aromatic carbocycles.